The van der Waals surface area contributed by atoms with Crippen LogP contribution in [-0.2, 0) is 16.7 Å². The van der Waals surface area contributed by atoms with E-state index in [1.165, 1.54) is 103 Å². The van der Waals surface area contributed by atoms with Crippen molar-refractivity contribution in [1.82, 2.24) is 0 Å². The molecule has 3 rings (SSSR count). The summed E-state index contributed by atoms with van der Waals surface area (Å²) in [7, 11) is -4.41. The highest BCUT2D eigenvalue weighted by atomic mass is 32.2. The fraction of sp³-hybridized carbons (Fsp3) is 0.657. The molecule has 0 saturated carbocycles. The van der Waals surface area contributed by atoms with Crippen molar-refractivity contribution in [3.63, 3.8) is 0 Å². The fourth-order valence-electron chi connectivity index (χ4n) is 6.24. The summed E-state index contributed by atoms with van der Waals surface area (Å²) < 4.78 is 36.3. The van der Waals surface area contributed by atoms with Gasteiger partial charge in [-0.25, -0.2) is 0 Å². The molecule has 2 aromatic rings. The van der Waals surface area contributed by atoms with Crippen molar-refractivity contribution in [3.8, 4) is 0 Å². The van der Waals surface area contributed by atoms with Crippen molar-refractivity contribution >= 4 is 21.5 Å². The summed E-state index contributed by atoms with van der Waals surface area (Å²) in [4.78, 5) is 0.294. The van der Waals surface area contributed by atoms with Crippen LogP contribution in [0.5, 0.6) is 0 Å². The SMILES string of the molecule is CCCCCCCCCCCCCCCCCCCCCC1(S(=O)(=O)O)Nc2ccccc2N1Cc1ccccc1. The second kappa shape index (κ2) is 18.5. The Balaban J connectivity index is 1.30. The minimum Gasteiger partial charge on any atom is -0.346 e. The van der Waals surface area contributed by atoms with Gasteiger partial charge in [0.1, 0.15) is 0 Å². The zero-order valence-corrected chi connectivity index (χ0v) is 26.5. The van der Waals surface area contributed by atoms with Crippen molar-refractivity contribution in [2.24, 2.45) is 0 Å². The van der Waals surface area contributed by atoms with E-state index < -0.39 is 15.1 Å². The molecular formula is C35H56N2O3S. The Hall–Kier alpha value is -2.05. The van der Waals surface area contributed by atoms with Gasteiger partial charge in [0, 0.05) is 13.0 Å². The minimum atomic E-state index is -4.41. The Bertz CT molecular complexity index is 1080. The lowest BCUT2D eigenvalue weighted by atomic mass is 10.0. The smallest absolute Gasteiger partial charge is 0.308 e. The average molecular weight is 585 g/mol. The molecule has 230 valence electrons. The summed E-state index contributed by atoms with van der Waals surface area (Å²) in [5.41, 5.74) is 2.57. The van der Waals surface area contributed by atoms with E-state index in [9.17, 15) is 13.0 Å². The minimum absolute atomic E-state index is 0.339. The molecule has 5 nitrogen and oxygen atoms in total. The first-order chi connectivity index (χ1) is 20.0. The lowest BCUT2D eigenvalue weighted by Crippen LogP contribution is -2.56. The van der Waals surface area contributed by atoms with Crippen LogP contribution in [0.2, 0.25) is 0 Å². The van der Waals surface area contributed by atoms with Crippen molar-refractivity contribution in [1.29, 1.82) is 0 Å². The van der Waals surface area contributed by atoms with Gasteiger partial charge in [0.25, 0.3) is 0 Å². The van der Waals surface area contributed by atoms with E-state index in [0.29, 0.717) is 13.0 Å². The number of nitrogens with zero attached hydrogens (tertiary/aromatic N) is 1. The van der Waals surface area contributed by atoms with Gasteiger partial charge in [0.15, 0.2) is 0 Å². The predicted octanol–water partition coefficient (Wildman–Crippen LogP) is 10.5. The summed E-state index contributed by atoms with van der Waals surface area (Å²) in [5.74, 6) is 0. The highest BCUT2D eigenvalue weighted by Crippen LogP contribution is 2.45. The van der Waals surface area contributed by atoms with Crippen molar-refractivity contribution in [2.75, 3.05) is 10.2 Å². The largest absolute Gasteiger partial charge is 0.346 e. The summed E-state index contributed by atoms with van der Waals surface area (Å²) >= 11 is 0. The van der Waals surface area contributed by atoms with Crippen LogP contribution >= 0.6 is 0 Å². The van der Waals surface area contributed by atoms with Crippen LogP contribution in [0.15, 0.2) is 54.6 Å². The molecule has 1 heterocycles. The standard InChI is InChI=1S/C35H56N2O3S/c1-2-3-4-5-6-7-8-9-10-11-12-13-14-15-16-17-18-19-25-30-35(41(38,39)40)36-33-28-23-24-29-34(33)37(35)31-32-26-21-20-22-27-32/h20-24,26-29,36H,2-19,25,30-31H2,1H3,(H,38,39,40). The zero-order chi connectivity index (χ0) is 29.2. The topological polar surface area (TPSA) is 69.6 Å². The first-order valence-corrected chi connectivity index (χ1v) is 18.1. The first kappa shape index (κ1) is 33.5. The van der Waals surface area contributed by atoms with Gasteiger partial charge in [-0.1, -0.05) is 165 Å². The van der Waals surface area contributed by atoms with Gasteiger partial charge >= 0.3 is 10.1 Å². The second-order valence-electron chi connectivity index (χ2n) is 12.1. The monoisotopic (exact) mass is 584 g/mol. The molecule has 1 unspecified atom stereocenters. The molecule has 6 heteroatoms. The molecular weight excluding hydrogens is 528 g/mol. The molecule has 0 bridgehead atoms. The quantitative estimate of drug-likeness (QED) is 0.100. The van der Waals surface area contributed by atoms with Crippen molar-refractivity contribution in [2.45, 2.75) is 147 Å². The third kappa shape index (κ3) is 10.9. The lowest BCUT2D eigenvalue weighted by molar-refractivity contribution is 0.408. The van der Waals surface area contributed by atoms with Crippen LogP contribution in [0.1, 0.15) is 141 Å². The van der Waals surface area contributed by atoms with E-state index in [1.54, 1.807) is 0 Å². The third-order valence-electron chi connectivity index (χ3n) is 8.69. The van der Waals surface area contributed by atoms with Gasteiger partial charge in [0.05, 0.1) is 11.4 Å². The summed E-state index contributed by atoms with van der Waals surface area (Å²) in [5, 5.41) is 3.20. The third-order valence-corrected chi connectivity index (χ3v) is 10.1. The van der Waals surface area contributed by atoms with Crippen LogP contribution in [0, 0.1) is 0 Å². The summed E-state index contributed by atoms with van der Waals surface area (Å²) in [6, 6.07) is 17.5. The van der Waals surface area contributed by atoms with Crippen molar-refractivity contribution < 1.29 is 13.0 Å². The number of fused-ring (bicyclic) bond motifs is 1. The fourth-order valence-corrected chi connectivity index (χ4v) is 7.32. The Morgan fingerprint density at radius 3 is 1.56 bits per heavy atom. The van der Waals surface area contributed by atoms with E-state index in [0.717, 1.165) is 36.2 Å². The molecule has 2 aromatic carbocycles. The van der Waals surface area contributed by atoms with E-state index in [2.05, 4.69) is 12.2 Å². The number of benzene rings is 2. The molecule has 0 radical (unpaired) electrons. The predicted molar refractivity (Wildman–Crippen MR) is 175 cm³/mol. The normalized spacial score (nSPS) is 16.6. The van der Waals surface area contributed by atoms with Gasteiger partial charge in [0.2, 0.25) is 4.99 Å². The van der Waals surface area contributed by atoms with Crippen LogP contribution in [0.3, 0.4) is 0 Å². The average Bonchev–Trinajstić information content (AvgIpc) is 3.29. The van der Waals surface area contributed by atoms with E-state index >= 15 is 0 Å². The number of nitrogens with one attached hydrogen (secondary N) is 1. The Labute approximate surface area is 251 Å². The molecule has 0 saturated heterocycles. The van der Waals surface area contributed by atoms with Crippen LogP contribution in [0.4, 0.5) is 11.4 Å². The van der Waals surface area contributed by atoms with Gasteiger partial charge in [-0.3, -0.25) is 4.55 Å². The Morgan fingerprint density at radius 1 is 0.634 bits per heavy atom. The zero-order valence-electron chi connectivity index (χ0n) is 25.7. The highest BCUT2D eigenvalue weighted by Gasteiger charge is 2.52. The second-order valence-corrected chi connectivity index (χ2v) is 13.7. The Kier molecular flexibility index (Phi) is 15.1. The van der Waals surface area contributed by atoms with Gasteiger partial charge in [-0.15, -0.1) is 0 Å². The van der Waals surface area contributed by atoms with E-state index in [1.807, 2.05) is 59.5 Å². The number of hydrogen-bond donors (Lipinski definition) is 2. The first-order valence-electron chi connectivity index (χ1n) is 16.6. The highest BCUT2D eigenvalue weighted by molar-refractivity contribution is 7.87. The van der Waals surface area contributed by atoms with Crippen LogP contribution in [0.25, 0.3) is 0 Å². The van der Waals surface area contributed by atoms with Crippen molar-refractivity contribution in [3.05, 3.63) is 60.2 Å². The number of anilines is 2. The number of hydrogen-bond acceptors (Lipinski definition) is 4. The van der Waals surface area contributed by atoms with Gasteiger partial charge in [-0.05, 0) is 24.1 Å². The molecule has 1 aliphatic heterocycles. The molecule has 1 aliphatic rings. The Morgan fingerprint density at radius 2 is 1.07 bits per heavy atom. The van der Waals surface area contributed by atoms with E-state index in [4.69, 9.17) is 0 Å². The molecule has 0 amide bonds. The van der Waals surface area contributed by atoms with Gasteiger partial charge < -0.3 is 10.2 Å². The maximum Gasteiger partial charge on any atom is 0.308 e. The maximum atomic E-state index is 12.9. The van der Waals surface area contributed by atoms with Gasteiger partial charge in [-0.2, -0.15) is 8.42 Å². The number of unbranched alkanes of at least 4 members (excludes halogenated alkanes) is 18. The molecule has 0 fully saturated rings. The molecule has 0 spiro atoms. The van der Waals surface area contributed by atoms with Crippen LogP contribution < -0.4 is 10.2 Å². The lowest BCUT2D eigenvalue weighted by Gasteiger charge is -2.37. The molecule has 0 aromatic heterocycles. The molecule has 0 aliphatic carbocycles. The van der Waals surface area contributed by atoms with Crippen LogP contribution in [-0.4, -0.2) is 18.0 Å². The number of para-hydroxylation sites is 2. The summed E-state index contributed by atoms with van der Waals surface area (Å²) in [6.45, 7) is 2.69. The summed E-state index contributed by atoms with van der Waals surface area (Å²) in [6.07, 6.45) is 25.0. The molecule has 41 heavy (non-hydrogen) atoms. The number of rotatable bonds is 23. The molecule has 1 atom stereocenters. The van der Waals surface area contributed by atoms with E-state index in [-0.39, 0.29) is 0 Å². The maximum absolute atomic E-state index is 12.9. The molecule has 2 N–H and O–H groups in total.